The Morgan fingerprint density at radius 3 is 1.89 bits per heavy atom. The van der Waals surface area contributed by atoms with E-state index in [9.17, 15) is 4.79 Å². The van der Waals surface area contributed by atoms with Gasteiger partial charge in [0.15, 0.2) is 0 Å². The number of carbonyl (C=O) groups is 1. The first-order valence-electron chi connectivity index (χ1n) is 9.65. The molecule has 28 heavy (non-hydrogen) atoms. The molecule has 4 nitrogen and oxygen atoms in total. The Balaban J connectivity index is 1.82. The number of rotatable bonds is 4. The number of hydrogen-bond acceptors (Lipinski definition) is 2. The van der Waals surface area contributed by atoms with E-state index in [1.165, 1.54) is 11.1 Å². The van der Waals surface area contributed by atoms with Crippen LogP contribution in [-0.4, -0.2) is 15.6 Å². The van der Waals surface area contributed by atoms with Crippen LogP contribution in [0.1, 0.15) is 25.0 Å². The third kappa shape index (κ3) is 3.29. The second-order valence-corrected chi connectivity index (χ2v) is 6.76. The lowest BCUT2D eigenvalue weighted by atomic mass is 10.1. The van der Waals surface area contributed by atoms with Gasteiger partial charge in [0, 0.05) is 0 Å². The van der Waals surface area contributed by atoms with Gasteiger partial charge in [-0.05, 0) is 60.4 Å². The predicted molar refractivity (Wildman–Crippen MR) is 114 cm³/mol. The van der Waals surface area contributed by atoms with Gasteiger partial charge in [-0.25, -0.2) is 14.3 Å². The van der Waals surface area contributed by atoms with Gasteiger partial charge in [-0.3, -0.25) is 4.90 Å². The number of para-hydroxylation sites is 2. The van der Waals surface area contributed by atoms with Gasteiger partial charge in [0.2, 0.25) is 0 Å². The van der Waals surface area contributed by atoms with Gasteiger partial charge in [-0.15, -0.1) is 0 Å². The molecule has 0 saturated heterocycles. The van der Waals surface area contributed by atoms with Crippen molar-refractivity contribution in [2.75, 3.05) is 4.90 Å². The van der Waals surface area contributed by atoms with Crippen LogP contribution in [0.25, 0.3) is 11.0 Å². The maximum Gasteiger partial charge on any atom is 0.339 e. The van der Waals surface area contributed by atoms with E-state index in [1.54, 1.807) is 15.8 Å². The van der Waals surface area contributed by atoms with Crippen LogP contribution in [0.5, 0.6) is 0 Å². The van der Waals surface area contributed by atoms with Crippen molar-refractivity contribution in [2.24, 2.45) is 0 Å². The molecule has 0 unspecified atom stereocenters. The molecule has 0 aliphatic heterocycles. The summed E-state index contributed by atoms with van der Waals surface area (Å²) in [6, 6.07) is 23.8. The highest BCUT2D eigenvalue weighted by molar-refractivity contribution is 6.04. The average Bonchev–Trinajstić information content (AvgIpc) is 3.19. The van der Waals surface area contributed by atoms with Gasteiger partial charge >= 0.3 is 6.03 Å². The number of amides is 1. The highest BCUT2D eigenvalue weighted by Gasteiger charge is 2.21. The summed E-state index contributed by atoms with van der Waals surface area (Å²) in [7, 11) is 0. The standard InChI is InChI=1S/C24H23N3O/c1-3-18-9-13-20(14-10-18)27(21-15-11-19(4-2)12-16-21)24(28)26-17-25-22-7-5-6-8-23(22)26/h5-17H,3-4H2,1-2H3. The molecular weight excluding hydrogens is 346 g/mol. The Bertz CT molecular complexity index is 1050. The summed E-state index contributed by atoms with van der Waals surface area (Å²) in [5.74, 6) is 0. The zero-order valence-corrected chi connectivity index (χ0v) is 16.2. The highest BCUT2D eigenvalue weighted by Crippen LogP contribution is 2.28. The minimum atomic E-state index is -0.151. The van der Waals surface area contributed by atoms with E-state index < -0.39 is 0 Å². The second kappa shape index (κ2) is 7.69. The molecule has 0 bridgehead atoms. The lowest BCUT2D eigenvalue weighted by molar-refractivity contribution is 0.250. The van der Waals surface area contributed by atoms with Gasteiger partial charge in [0.25, 0.3) is 0 Å². The normalized spacial score (nSPS) is 10.9. The number of fused-ring (bicyclic) bond motifs is 1. The van der Waals surface area contributed by atoms with Crippen molar-refractivity contribution >= 4 is 28.4 Å². The fraction of sp³-hybridized carbons (Fsp3) is 0.167. The van der Waals surface area contributed by atoms with Gasteiger partial charge in [0.1, 0.15) is 6.33 Å². The zero-order chi connectivity index (χ0) is 19.5. The van der Waals surface area contributed by atoms with Crippen LogP contribution >= 0.6 is 0 Å². The SMILES string of the molecule is CCc1ccc(N(C(=O)n2cnc3ccccc32)c2ccc(CC)cc2)cc1. The molecule has 4 heteroatoms. The summed E-state index contributed by atoms with van der Waals surface area (Å²) in [6.07, 6.45) is 3.53. The molecule has 140 valence electrons. The number of benzene rings is 3. The van der Waals surface area contributed by atoms with E-state index in [1.807, 2.05) is 48.5 Å². The Labute approximate surface area is 165 Å². The molecule has 0 atom stereocenters. The van der Waals surface area contributed by atoms with Gasteiger partial charge in [-0.1, -0.05) is 50.2 Å². The third-order valence-electron chi connectivity index (χ3n) is 5.06. The van der Waals surface area contributed by atoms with Crippen molar-refractivity contribution in [1.29, 1.82) is 0 Å². The quantitative estimate of drug-likeness (QED) is 0.445. The van der Waals surface area contributed by atoms with Crippen LogP contribution in [0.4, 0.5) is 16.2 Å². The molecule has 1 amide bonds. The first-order chi connectivity index (χ1) is 13.7. The molecule has 1 heterocycles. The molecule has 3 aromatic carbocycles. The zero-order valence-electron chi connectivity index (χ0n) is 16.2. The number of anilines is 2. The maximum absolute atomic E-state index is 13.6. The monoisotopic (exact) mass is 369 g/mol. The average molecular weight is 369 g/mol. The summed E-state index contributed by atoms with van der Waals surface area (Å²) < 4.78 is 1.61. The van der Waals surface area contributed by atoms with Crippen LogP contribution < -0.4 is 4.90 Å². The topological polar surface area (TPSA) is 38.1 Å². The van der Waals surface area contributed by atoms with E-state index in [0.717, 1.165) is 35.2 Å². The lowest BCUT2D eigenvalue weighted by Gasteiger charge is -2.24. The summed E-state index contributed by atoms with van der Waals surface area (Å²) in [6.45, 7) is 4.25. The highest BCUT2D eigenvalue weighted by atomic mass is 16.2. The Morgan fingerprint density at radius 2 is 1.36 bits per heavy atom. The van der Waals surface area contributed by atoms with Gasteiger partial charge in [-0.2, -0.15) is 0 Å². The van der Waals surface area contributed by atoms with Crippen molar-refractivity contribution in [2.45, 2.75) is 26.7 Å². The van der Waals surface area contributed by atoms with Gasteiger partial charge < -0.3 is 0 Å². The molecular formula is C24H23N3O. The fourth-order valence-electron chi connectivity index (χ4n) is 3.35. The van der Waals surface area contributed by atoms with E-state index in [0.29, 0.717) is 0 Å². The molecule has 0 aliphatic carbocycles. The van der Waals surface area contributed by atoms with Crippen molar-refractivity contribution in [3.63, 3.8) is 0 Å². The summed E-state index contributed by atoms with van der Waals surface area (Å²) in [5.41, 5.74) is 5.76. The van der Waals surface area contributed by atoms with E-state index in [-0.39, 0.29) is 6.03 Å². The first kappa shape index (κ1) is 18.0. The largest absolute Gasteiger partial charge is 0.339 e. The molecule has 1 aromatic heterocycles. The molecule has 4 aromatic rings. The fourth-order valence-corrected chi connectivity index (χ4v) is 3.35. The second-order valence-electron chi connectivity index (χ2n) is 6.76. The summed E-state index contributed by atoms with van der Waals surface area (Å²) in [4.78, 5) is 19.7. The molecule has 0 aliphatic rings. The number of aryl methyl sites for hydroxylation is 2. The molecule has 0 radical (unpaired) electrons. The van der Waals surface area contributed by atoms with Crippen LogP contribution in [0, 0.1) is 0 Å². The molecule has 0 spiro atoms. The van der Waals surface area contributed by atoms with Crippen molar-refractivity contribution in [1.82, 2.24) is 9.55 Å². The number of hydrogen-bond donors (Lipinski definition) is 0. The minimum absolute atomic E-state index is 0.151. The lowest BCUT2D eigenvalue weighted by Crippen LogP contribution is -2.30. The van der Waals surface area contributed by atoms with Crippen molar-refractivity contribution in [3.05, 3.63) is 90.3 Å². The number of nitrogens with zero attached hydrogens (tertiary/aromatic N) is 3. The smallest absolute Gasteiger partial charge is 0.262 e. The van der Waals surface area contributed by atoms with Gasteiger partial charge in [0.05, 0.1) is 22.4 Å². The Morgan fingerprint density at radius 1 is 0.821 bits per heavy atom. The van der Waals surface area contributed by atoms with Crippen LogP contribution in [-0.2, 0) is 12.8 Å². The third-order valence-corrected chi connectivity index (χ3v) is 5.06. The number of carbonyl (C=O) groups excluding carboxylic acids is 1. The number of imidazole rings is 1. The minimum Gasteiger partial charge on any atom is -0.262 e. The molecule has 0 fully saturated rings. The van der Waals surface area contributed by atoms with E-state index >= 15 is 0 Å². The first-order valence-corrected chi connectivity index (χ1v) is 9.65. The van der Waals surface area contributed by atoms with Crippen LogP contribution in [0.2, 0.25) is 0 Å². The molecule has 4 rings (SSSR count). The maximum atomic E-state index is 13.6. The van der Waals surface area contributed by atoms with Crippen molar-refractivity contribution < 1.29 is 4.79 Å². The molecule has 0 N–H and O–H groups in total. The summed E-state index contributed by atoms with van der Waals surface area (Å²) >= 11 is 0. The van der Waals surface area contributed by atoms with Crippen LogP contribution in [0.15, 0.2) is 79.1 Å². The van der Waals surface area contributed by atoms with E-state index in [4.69, 9.17) is 0 Å². The Kier molecular flexibility index (Phi) is 4.94. The Hall–Kier alpha value is -3.40. The van der Waals surface area contributed by atoms with Crippen LogP contribution in [0.3, 0.4) is 0 Å². The number of aromatic nitrogens is 2. The summed E-state index contributed by atoms with van der Waals surface area (Å²) in [5, 5.41) is 0. The predicted octanol–water partition coefficient (Wildman–Crippen LogP) is 5.97. The van der Waals surface area contributed by atoms with E-state index in [2.05, 4.69) is 43.1 Å². The van der Waals surface area contributed by atoms with Crippen molar-refractivity contribution in [3.8, 4) is 0 Å². The molecule has 0 saturated carbocycles.